The number of furan rings is 2. The van der Waals surface area contributed by atoms with E-state index < -0.39 is 5.60 Å². The topological polar surface area (TPSA) is 46.5 Å². The van der Waals surface area contributed by atoms with Crippen molar-refractivity contribution in [3.63, 3.8) is 0 Å². The molecule has 0 aliphatic rings. The molecule has 2 aromatic heterocycles. The summed E-state index contributed by atoms with van der Waals surface area (Å²) in [5.41, 5.74) is 2.70. The van der Waals surface area contributed by atoms with Crippen LogP contribution in [0.4, 0.5) is 0 Å². The van der Waals surface area contributed by atoms with Crippen molar-refractivity contribution in [2.75, 3.05) is 0 Å². The Morgan fingerprint density at radius 1 is 1.17 bits per heavy atom. The lowest BCUT2D eigenvalue weighted by atomic mass is 10.00. The van der Waals surface area contributed by atoms with Crippen LogP contribution in [0.3, 0.4) is 0 Å². The normalized spacial score (nSPS) is 15.4. The molecule has 2 rings (SSSR count). The van der Waals surface area contributed by atoms with Crippen LogP contribution in [0, 0.1) is 0 Å². The van der Waals surface area contributed by atoms with Gasteiger partial charge in [-0.2, -0.15) is 0 Å². The van der Waals surface area contributed by atoms with Gasteiger partial charge in [0, 0.05) is 5.56 Å². The Labute approximate surface area is 144 Å². The molecule has 1 atom stereocenters. The molecule has 2 heterocycles. The maximum absolute atomic E-state index is 10.4. The third-order valence-electron chi connectivity index (χ3n) is 3.81. The van der Waals surface area contributed by atoms with Crippen molar-refractivity contribution < 1.29 is 13.9 Å². The van der Waals surface area contributed by atoms with E-state index in [1.54, 1.807) is 25.1 Å². The van der Waals surface area contributed by atoms with E-state index in [0.29, 0.717) is 6.42 Å². The summed E-state index contributed by atoms with van der Waals surface area (Å²) < 4.78 is 10.1. The third-order valence-corrected chi connectivity index (χ3v) is 3.81. The average Bonchev–Trinajstić information content (AvgIpc) is 3.20. The smallest absolute Gasteiger partial charge is 0.0974 e. The lowest BCUT2D eigenvalue weighted by Gasteiger charge is -2.16. The van der Waals surface area contributed by atoms with Gasteiger partial charge in [0.05, 0.1) is 30.7 Å². The molecular formula is C21H26O3. The maximum atomic E-state index is 10.4. The largest absolute Gasteiger partial charge is 0.472 e. The van der Waals surface area contributed by atoms with Crippen molar-refractivity contribution >= 4 is 6.08 Å². The third kappa shape index (κ3) is 6.88. The van der Waals surface area contributed by atoms with Gasteiger partial charge in [0.1, 0.15) is 0 Å². The van der Waals surface area contributed by atoms with Gasteiger partial charge in [-0.05, 0) is 57.2 Å². The lowest BCUT2D eigenvalue weighted by Crippen LogP contribution is -2.19. The molecule has 0 saturated carbocycles. The quantitative estimate of drug-likeness (QED) is 0.614. The number of aliphatic hydroxyl groups is 1. The molecular weight excluding hydrogens is 300 g/mol. The number of hydrogen-bond donors (Lipinski definition) is 1. The van der Waals surface area contributed by atoms with Crippen molar-refractivity contribution in [3.8, 4) is 0 Å². The van der Waals surface area contributed by atoms with Crippen molar-refractivity contribution in [3.05, 3.63) is 78.2 Å². The van der Waals surface area contributed by atoms with Crippen molar-refractivity contribution in [1.29, 1.82) is 0 Å². The Morgan fingerprint density at radius 3 is 2.67 bits per heavy atom. The maximum Gasteiger partial charge on any atom is 0.0974 e. The van der Waals surface area contributed by atoms with Gasteiger partial charge in [-0.3, -0.25) is 0 Å². The van der Waals surface area contributed by atoms with E-state index in [4.69, 9.17) is 8.83 Å². The Morgan fingerprint density at radius 2 is 1.96 bits per heavy atom. The van der Waals surface area contributed by atoms with Crippen LogP contribution in [0.15, 0.2) is 75.9 Å². The van der Waals surface area contributed by atoms with Gasteiger partial charge < -0.3 is 13.9 Å². The second-order valence-corrected chi connectivity index (χ2v) is 6.35. The molecule has 1 unspecified atom stereocenters. The molecule has 3 heteroatoms. The zero-order valence-electron chi connectivity index (χ0n) is 14.4. The molecule has 24 heavy (non-hydrogen) atoms. The van der Waals surface area contributed by atoms with E-state index in [1.807, 2.05) is 43.4 Å². The predicted octanol–water partition coefficient (Wildman–Crippen LogP) is 5.55. The van der Waals surface area contributed by atoms with Crippen LogP contribution in [0.25, 0.3) is 6.08 Å². The van der Waals surface area contributed by atoms with Crippen LogP contribution in [-0.2, 0) is 6.42 Å². The van der Waals surface area contributed by atoms with Gasteiger partial charge in [0.2, 0.25) is 0 Å². The van der Waals surface area contributed by atoms with Crippen molar-refractivity contribution in [1.82, 2.24) is 0 Å². The number of allylic oxidation sites excluding steroid dienone is 3. The Bertz CT molecular complexity index is 656. The average molecular weight is 326 g/mol. The van der Waals surface area contributed by atoms with Crippen molar-refractivity contribution in [2.24, 2.45) is 0 Å². The summed E-state index contributed by atoms with van der Waals surface area (Å²) in [6.45, 7) is 3.94. The highest BCUT2D eigenvalue weighted by Gasteiger charge is 2.13. The summed E-state index contributed by atoms with van der Waals surface area (Å²) in [6, 6.07) is 3.88. The minimum absolute atomic E-state index is 0.567. The summed E-state index contributed by atoms with van der Waals surface area (Å²) >= 11 is 0. The van der Waals surface area contributed by atoms with Gasteiger partial charge in [0.15, 0.2) is 0 Å². The zero-order chi connectivity index (χ0) is 17.3. The Balaban J connectivity index is 1.72. The van der Waals surface area contributed by atoms with Gasteiger partial charge in [-0.25, -0.2) is 0 Å². The number of hydrogen-bond acceptors (Lipinski definition) is 3. The molecule has 0 fully saturated rings. The molecule has 0 aliphatic heterocycles. The van der Waals surface area contributed by atoms with Crippen molar-refractivity contribution in [2.45, 2.75) is 45.1 Å². The molecule has 0 saturated heterocycles. The standard InChI is InChI=1S/C21H26O3/c1-18(6-3-8-19-10-14-23-16-19)7-4-12-21(2,22)13-5-9-20-11-15-24-17-20/h4-6,9-12,14-17,22H,3,7-8,13H2,1-2H3/b9-5+,12-4+,18-6+. The van der Waals surface area contributed by atoms with E-state index in [9.17, 15) is 5.11 Å². The van der Waals surface area contributed by atoms with Crippen LogP contribution in [0.5, 0.6) is 0 Å². The summed E-state index contributed by atoms with van der Waals surface area (Å²) in [6.07, 6.45) is 20.3. The molecule has 2 aromatic rings. The zero-order valence-corrected chi connectivity index (χ0v) is 14.4. The molecule has 0 aromatic carbocycles. The molecule has 0 spiro atoms. The first-order valence-corrected chi connectivity index (χ1v) is 8.31. The lowest BCUT2D eigenvalue weighted by molar-refractivity contribution is 0.115. The highest BCUT2D eigenvalue weighted by molar-refractivity contribution is 5.47. The highest BCUT2D eigenvalue weighted by Crippen LogP contribution is 2.15. The first-order chi connectivity index (χ1) is 11.6. The summed E-state index contributed by atoms with van der Waals surface area (Å²) in [5.74, 6) is 0. The van der Waals surface area contributed by atoms with E-state index in [2.05, 4.69) is 13.0 Å². The minimum atomic E-state index is -0.836. The van der Waals surface area contributed by atoms with Crippen LogP contribution >= 0.6 is 0 Å². The molecule has 3 nitrogen and oxygen atoms in total. The van der Waals surface area contributed by atoms with E-state index in [0.717, 1.165) is 24.8 Å². The Hall–Kier alpha value is -2.26. The first kappa shape index (κ1) is 18.1. The molecule has 1 N–H and O–H groups in total. The summed E-state index contributed by atoms with van der Waals surface area (Å²) in [7, 11) is 0. The predicted molar refractivity (Wildman–Crippen MR) is 97.5 cm³/mol. The molecule has 0 amide bonds. The second kappa shape index (κ2) is 9.14. The molecule has 128 valence electrons. The van der Waals surface area contributed by atoms with Crippen LogP contribution in [0.2, 0.25) is 0 Å². The summed E-state index contributed by atoms with van der Waals surface area (Å²) in [4.78, 5) is 0. The number of aryl methyl sites for hydroxylation is 1. The van der Waals surface area contributed by atoms with Gasteiger partial charge in [0.25, 0.3) is 0 Å². The number of rotatable bonds is 9. The molecule has 0 aliphatic carbocycles. The first-order valence-electron chi connectivity index (χ1n) is 8.31. The second-order valence-electron chi connectivity index (χ2n) is 6.35. The van der Waals surface area contributed by atoms with Gasteiger partial charge in [-0.1, -0.05) is 36.0 Å². The van der Waals surface area contributed by atoms with Gasteiger partial charge >= 0.3 is 0 Å². The van der Waals surface area contributed by atoms with E-state index >= 15 is 0 Å². The molecule has 0 radical (unpaired) electrons. The van der Waals surface area contributed by atoms with Crippen LogP contribution in [0.1, 0.15) is 44.2 Å². The molecule has 0 bridgehead atoms. The van der Waals surface area contributed by atoms with Crippen LogP contribution < -0.4 is 0 Å². The fourth-order valence-electron chi connectivity index (χ4n) is 2.37. The van der Waals surface area contributed by atoms with E-state index in [1.165, 1.54) is 11.1 Å². The van der Waals surface area contributed by atoms with Gasteiger partial charge in [-0.15, -0.1) is 0 Å². The summed E-state index contributed by atoms with van der Waals surface area (Å²) in [5, 5.41) is 10.4. The SMILES string of the molecule is C/C(=C\CCc1ccoc1)C/C=C/C(C)(O)C/C=C/c1ccoc1. The fraction of sp³-hybridized carbons (Fsp3) is 0.333. The Kier molecular flexibility index (Phi) is 6.89. The van der Waals surface area contributed by atoms with Crippen LogP contribution in [-0.4, -0.2) is 10.7 Å². The minimum Gasteiger partial charge on any atom is -0.472 e. The monoisotopic (exact) mass is 326 g/mol. The van der Waals surface area contributed by atoms with E-state index in [-0.39, 0.29) is 0 Å². The fourth-order valence-corrected chi connectivity index (χ4v) is 2.37. The highest BCUT2D eigenvalue weighted by atomic mass is 16.3.